The van der Waals surface area contributed by atoms with Crippen molar-refractivity contribution in [3.8, 4) is 0 Å². The van der Waals surface area contributed by atoms with E-state index in [1.165, 1.54) is 0 Å². The summed E-state index contributed by atoms with van der Waals surface area (Å²) in [4.78, 5) is 10.6. The number of hydrogen-bond donors (Lipinski definition) is 2. The summed E-state index contributed by atoms with van der Waals surface area (Å²) in [5.41, 5.74) is -1.37. The molecule has 1 aliphatic carbocycles. The Kier molecular flexibility index (Phi) is 5.16. The Labute approximate surface area is 115 Å². The van der Waals surface area contributed by atoms with Gasteiger partial charge in [-0.15, -0.1) is 0 Å². The SMILES string of the molecule is CC(C)(C)C(O)/C=C/C1CCCC(O)(CC(=O)[O-])C1. The van der Waals surface area contributed by atoms with Crippen LogP contribution in [0.1, 0.15) is 52.9 Å². The van der Waals surface area contributed by atoms with Crippen LogP contribution in [0.3, 0.4) is 0 Å². The van der Waals surface area contributed by atoms with Gasteiger partial charge in [0.2, 0.25) is 0 Å². The van der Waals surface area contributed by atoms with E-state index in [1.54, 1.807) is 6.08 Å². The second-order valence-corrected chi connectivity index (χ2v) is 6.83. The van der Waals surface area contributed by atoms with Crippen LogP contribution in [0.2, 0.25) is 0 Å². The van der Waals surface area contributed by atoms with Crippen molar-refractivity contribution in [3.05, 3.63) is 12.2 Å². The molecular formula is C15H25O4-. The average Bonchev–Trinajstić information content (AvgIpc) is 2.22. The molecule has 0 saturated heterocycles. The van der Waals surface area contributed by atoms with Crippen LogP contribution in [-0.2, 0) is 4.79 Å². The van der Waals surface area contributed by atoms with Gasteiger partial charge in [-0.1, -0.05) is 32.9 Å². The Hall–Kier alpha value is -0.870. The van der Waals surface area contributed by atoms with Gasteiger partial charge in [0.25, 0.3) is 0 Å². The van der Waals surface area contributed by atoms with Gasteiger partial charge in [-0.05, 0) is 37.0 Å². The topological polar surface area (TPSA) is 80.6 Å². The van der Waals surface area contributed by atoms with Crippen molar-refractivity contribution in [3.63, 3.8) is 0 Å². The minimum absolute atomic E-state index is 0.120. The molecule has 110 valence electrons. The summed E-state index contributed by atoms with van der Waals surface area (Å²) < 4.78 is 0. The fourth-order valence-corrected chi connectivity index (χ4v) is 2.53. The highest BCUT2D eigenvalue weighted by molar-refractivity contribution is 5.65. The Morgan fingerprint density at radius 1 is 1.53 bits per heavy atom. The number of carboxylic acid groups (broad SMARTS) is 1. The Morgan fingerprint density at radius 2 is 2.16 bits per heavy atom. The summed E-state index contributed by atoms with van der Waals surface area (Å²) in [6, 6.07) is 0. The van der Waals surface area contributed by atoms with Crippen molar-refractivity contribution in [2.45, 2.75) is 64.6 Å². The third kappa shape index (κ3) is 5.33. The van der Waals surface area contributed by atoms with Gasteiger partial charge in [-0.2, -0.15) is 0 Å². The second-order valence-electron chi connectivity index (χ2n) is 6.83. The van der Waals surface area contributed by atoms with E-state index in [0.717, 1.165) is 12.8 Å². The number of hydrogen-bond acceptors (Lipinski definition) is 4. The molecule has 0 aromatic carbocycles. The van der Waals surface area contributed by atoms with E-state index in [2.05, 4.69) is 0 Å². The smallest absolute Gasteiger partial charge is 0.0769 e. The first-order chi connectivity index (χ1) is 8.62. The van der Waals surface area contributed by atoms with E-state index >= 15 is 0 Å². The van der Waals surface area contributed by atoms with Crippen LogP contribution in [0.15, 0.2) is 12.2 Å². The van der Waals surface area contributed by atoms with E-state index in [1.807, 2.05) is 26.8 Å². The summed E-state index contributed by atoms with van der Waals surface area (Å²) in [7, 11) is 0. The number of carbonyl (C=O) groups is 1. The molecule has 0 aromatic heterocycles. The summed E-state index contributed by atoms with van der Waals surface area (Å²) in [6.07, 6.45) is 5.47. The summed E-state index contributed by atoms with van der Waals surface area (Å²) in [6.45, 7) is 5.86. The lowest BCUT2D eigenvalue weighted by Crippen LogP contribution is -2.41. The second kappa shape index (κ2) is 6.06. The largest absolute Gasteiger partial charge is 0.550 e. The molecule has 4 nitrogen and oxygen atoms in total. The van der Waals surface area contributed by atoms with Crippen molar-refractivity contribution < 1.29 is 20.1 Å². The molecule has 2 N–H and O–H groups in total. The minimum Gasteiger partial charge on any atom is -0.550 e. The molecule has 0 amide bonds. The summed E-state index contributed by atoms with van der Waals surface area (Å²) >= 11 is 0. The molecule has 0 aromatic rings. The zero-order chi connectivity index (χ0) is 14.7. The summed E-state index contributed by atoms with van der Waals surface area (Å²) in [5.74, 6) is -1.09. The van der Waals surface area contributed by atoms with Crippen LogP contribution in [0.4, 0.5) is 0 Å². The minimum atomic E-state index is -1.21. The highest BCUT2D eigenvalue weighted by Crippen LogP contribution is 2.35. The van der Waals surface area contributed by atoms with Crippen molar-refractivity contribution >= 4 is 5.97 Å². The van der Waals surface area contributed by atoms with Gasteiger partial charge in [0.15, 0.2) is 0 Å². The van der Waals surface area contributed by atoms with Crippen molar-refractivity contribution in [2.24, 2.45) is 11.3 Å². The quantitative estimate of drug-likeness (QED) is 0.746. The molecule has 19 heavy (non-hydrogen) atoms. The van der Waals surface area contributed by atoms with Crippen molar-refractivity contribution in [2.75, 3.05) is 0 Å². The first-order valence-corrected chi connectivity index (χ1v) is 6.91. The van der Waals surface area contributed by atoms with Gasteiger partial charge >= 0.3 is 0 Å². The average molecular weight is 269 g/mol. The van der Waals surface area contributed by atoms with Gasteiger partial charge in [-0.3, -0.25) is 0 Å². The molecule has 3 unspecified atom stereocenters. The number of allylic oxidation sites excluding steroid dienone is 1. The van der Waals surface area contributed by atoms with E-state index in [0.29, 0.717) is 12.8 Å². The van der Waals surface area contributed by atoms with Crippen LogP contribution in [0.25, 0.3) is 0 Å². The lowest BCUT2D eigenvalue weighted by Gasteiger charge is -2.36. The Morgan fingerprint density at radius 3 is 2.68 bits per heavy atom. The van der Waals surface area contributed by atoms with E-state index in [9.17, 15) is 20.1 Å². The van der Waals surface area contributed by atoms with Crippen LogP contribution in [-0.4, -0.2) is 27.9 Å². The summed E-state index contributed by atoms with van der Waals surface area (Å²) in [5, 5.41) is 30.8. The number of aliphatic hydroxyl groups is 2. The molecule has 0 heterocycles. The van der Waals surface area contributed by atoms with E-state index in [4.69, 9.17) is 0 Å². The van der Waals surface area contributed by atoms with Gasteiger partial charge in [0, 0.05) is 12.4 Å². The standard InChI is InChI=1S/C15H26O4/c1-14(2,3)12(16)7-6-11-5-4-8-15(19,9-11)10-13(17)18/h6-7,11-12,16,19H,4-5,8-10H2,1-3H3,(H,17,18)/p-1/b7-6+. The van der Waals surface area contributed by atoms with Crippen LogP contribution in [0, 0.1) is 11.3 Å². The lowest BCUT2D eigenvalue weighted by molar-refractivity contribution is -0.309. The number of carboxylic acids is 1. The number of carbonyl (C=O) groups excluding carboxylic acids is 1. The van der Waals surface area contributed by atoms with Gasteiger partial charge in [0.1, 0.15) is 0 Å². The first kappa shape index (κ1) is 16.2. The molecule has 0 spiro atoms. The monoisotopic (exact) mass is 269 g/mol. The van der Waals surface area contributed by atoms with Crippen LogP contribution in [0.5, 0.6) is 0 Å². The number of aliphatic hydroxyl groups excluding tert-OH is 1. The molecule has 1 rings (SSSR count). The predicted octanol–water partition coefficient (Wildman–Crippen LogP) is 1.01. The molecule has 0 radical (unpaired) electrons. The molecule has 4 heteroatoms. The molecule has 0 aliphatic heterocycles. The third-order valence-corrected chi connectivity index (χ3v) is 3.79. The number of aliphatic carboxylic acids is 1. The predicted molar refractivity (Wildman–Crippen MR) is 71.1 cm³/mol. The molecule has 1 aliphatic rings. The molecule has 1 fully saturated rings. The maximum atomic E-state index is 10.6. The first-order valence-electron chi connectivity index (χ1n) is 6.91. The lowest BCUT2D eigenvalue weighted by atomic mass is 9.76. The fourth-order valence-electron chi connectivity index (χ4n) is 2.53. The molecule has 0 bridgehead atoms. The highest BCUT2D eigenvalue weighted by atomic mass is 16.4. The highest BCUT2D eigenvalue weighted by Gasteiger charge is 2.33. The third-order valence-electron chi connectivity index (χ3n) is 3.79. The van der Waals surface area contributed by atoms with Crippen molar-refractivity contribution in [1.82, 2.24) is 0 Å². The van der Waals surface area contributed by atoms with Gasteiger partial charge < -0.3 is 20.1 Å². The van der Waals surface area contributed by atoms with Gasteiger partial charge in [-0.25, -0.2) is 0 Å². The molecule has 1 saturated carbocycles. The molecular weight excluding hydrogens is 244 g/mol. The molecule has 3 atom stereocenters. The fraction of sp³-hybridized carbons (Fsp3) is 0.800. The Balaban J connectivity index is 2.60. The van der Waals surface area contributed by atoms with E-state index < -0.39 is 17.7 Å². The van der Waals surface area contributed by atoms with Crippen LogP contribution < -0.4 is 5.11 Å². The van der Waals surface area contributed by atoms with Gasteiger partial charge in [0.05, 0.1) is 11.7 Å². The van der Waals surface area contributed by atoms with Crippen molar-refractivity contribution in [1.29, 1.82) is 0 Å². The Bertz CT molecular complexity index is 343. The van der Waals surface area contributed by atoms with Crippen LogP contribution >= 0.6 is 0 Å². The zero-order valence-corrected chi connectivity index (χ0v) is 12.1. The van der Waals surface area contributed by atoms with E-state index in [-0.39, 0.29) is 17.8 Å². The number of rotatable bonds is 4. The normalized spacial score (nSPS) is 30.5. The zero-order valence-electron chi connectivity index (χ0n) is 12.1. The maximum absolute atomic E-state index is 10.6. The maximum Gasteiger partial charge on any atom is 0.0769 e.